The number of likely N-dealkylation sites (N-methyl/N-ethyl adjacent to an activating group) is 1. The molecule has 0 atom stereocenters. The van der Waals surface area contributed by atoms with Crippen LogP contribution in [0.15, 0.2) is 24.3 Å². The maximum Gasteiger partial charge on any atom is 0.239 e. The fourth-order valence-electron chi connectivity index (χ4n) is 3.10. The van der Waals surface area contributed by atoms with Crippen LogP contribution in [0.25, 0.3) is 16.6 Å². The van der Waals surface area contributed by atoms with Gasteiger partial charge in [-0.15, -0.1) is 0 Å². The predicted octanol–water partition coefficient (Wildman–Crippen LogP) is 1.68. The smallest absolute Gasteiger partial charge is 0.239 e. The van der Waals surface area contributed by atoms with Crippen LogP contribution in [0.1, 0.15) is 30.3 Å². The van der Waals surface area contributed by atoms with Crippen LogP contribution in [0.3, 0.4) is 0 Å². The van der Waals surface area contributed by atoms with E-state index in [4.69, 9.17) is 4.98 Å². The van der Waals surface area contributed by atoms with Gasteiger partial charge in [0.1, 0.15) is 0 Å². The summed E-state index contributed by atoms with van der Waals surface area (Å²) in [6.45, 7) is 6.35. The van der Waals surface area contributed by atoms with Crippen molar-refractivity contribution in [2.45, 2.75) is 33.6 Å². The Bertz CT molecular complexity index is 977. The Morgan fingerprint density at radius 3 is 2.65 bits per heavy atom. The predicted molar refractivity (Wildman–Crippen MR) is 100.0 cm³/mol. The van der Waals surface area contributed by atoms with E-state index >= 15 is 0 Å². The Morgan fingerprint density at radius 2 is 1.88 bits per heavy atom. The Labute approximate surface area is 151 Å². The first kappa shape index (κ1) is 17.8. The molecule has 2 heterocycles. The second-order valence-electron chi connectivity index (χ2n) is 6.24. The molecule has 136 valence electrons. The van der Waals surface area contributed by atoms with E-state index in [-0.39, 0.29) is 18.4 Å². The molecule has 0 spiro atoms. The summed E-state index contributed by atoms with van der Waals surface area (Å²) in [7, 11) is 0. The Hall–Kier alpha value is -2.96. The monoisotopic (exact) mass is 353 g/mol. The number of benzene rings is 1. The second kappa shape index (κ2) is 7.51. The summed E-state index contributed by atoms with van der Waals surface area (Å²) in [6, 6.07) is 7.91. The summed E-state index contributed by atoms with van der Waals surface area (Å²) in [5, 5.41) is 10.9. The topological polar surface area (TPSA) is 88.4 Å². The number of carbonyl (C=O) groups is 2. The van der Waals surface area contributed by atoms with E-state index in [0.29, 0.717) is 19.4 Å². The van der Waals surface area contributed by atoms with Crippen LogP contribution in [-0.2, 0) is 16.0 Å². The molecule has 0 bridgehead atoms. The molecule has 0 unspecified atom stereocenters. The highest BCUT2D eigenvalue weighted by molar-refractivity contribution is 5.92. The molecule has 0 saturated carbocycles. The SMILES string of the molecule is CCNC(=O)CNC(=O)CCc1c(C)nc2c3ccccc3nn2c1C. The molecule has 1 aromatic carbocycles. The van der Waals surface area contributed by atoms with Crippen molar-refractivity contribution in [1.29, 1.82) is 0 Å². The van der Waals surface area contributed by atoms with Crippen LogP contribution in [0.5, 0.6) is 0 Å². The standard InChI is InChI=1S/C19H23N5O2/c1-4-20-18(26)11-21-17(25)10-9-14-12(2)22-19-15-7-5-6-8-16(15)23-24(19)13(14)3/h5-8H,4,9-11H2,1-3H3,(H,20,26)(H,21,25). The highest BCUT2D eigenvalue weighted by Crippen LogP contribution is 2.22. The lowest BCUT2D eigenvalue weighted by Gasteiger charge is -2.11. The zero-order chi connectivity index (χ0) is 18.7. The number of nitrogens with zero attached hydrogens (tertiary/aromatic N) is 3. The number of aryl methyl sites for hydroxylation is 2. The van der Waals surface area contributed by atoms with E-state index in [1.165, 1.54) is 0 Å². The van der Waals surface area contributed by atoms with Gasteiger partial charge in [-0.2, -0.15) is 5.10 Å². The number of fused-ring (bicyclic) bond motifs is 3. The highest BCUT2D eigenvalue weighted by atomic mass is 16.2. The average molecular weight is 353 g/mol. The molecular formula is C19H23N5O2. The quantitative estimate of drug-likeness (QED) is 0.706. The normalized spacial score (nSPS) is 11.0. The maximum atomic E-state index is 12.0. The molecule has 0 radical (unpaired) electrons. The van der Waals surface area contributed by atoms with Crippen LogP contribution in [0.4, 0.5) is 0 Å². The number of rotatable bonds is 6. The lowest BCUT2D eigenvalue weighted by Crippen LogP contribution is -2.36. The summed E-state index contributed by atoms with van der Waals surface area (Å²) in [5.74, 6) is -0.333. The number of carbonyl (C=O) groups excluding carboxylic acids is 2. The van der Waals surface area contributed by atoms with Gasteiger partial charge in [-0.1, -0.05) is 12.1 Å². The third-order valence-electron chi connectivity index (χ3n) is 4.44. The van der Waals surface area contributed by atoms with Crippen molar-refractivity contribution in [3.05, 3.63) is 41.2 Å². The van der Waals surface area contributed by atoms with Crippen LogP contribution in [0.2, 0.25) is 0 Å². The first-order chi connectivity index (χ1) is 12.5. The van der Waals surface area contributed by atoms with Crippen molar-refractivity contribution in [3.63, 3.8) is 0 Å². The lowest BCUT2D eigenvalue weighted by atomic mass is 10.1. The largest absolute Gasteiger partial charge is 0.355 e. The van der Waals surface area contributed by atoms with Gasteiger partial charge in [0.25, 0.3) is 0 Å². The highest BCUT2D eigenvalue weighted by Gasteiger charge is 2.15. The van der Waals surface area contributed by atoms with Gasteiger partial charge in [0.15, 0.2) is 5.65 Å². The molecule has 0 aliphatic carbocycles. The minimum Gasteiger partial charge on any atom is -0.355 e. The number of hydrogen-bond donors (Lipinski definition) is 2. The maximum absolute atomic E-state index is 12.0. The molecule has 0 saturated heterocycles. The average Bonchev–Trinajstić information content (AvgIpc) is 2.99. The zero-order valence-electron chi connectivity index (χ0n) is 15.3. The van der Waals surface area contributed by atoms with Crippen molar-refractivity contribution >= 4 is 28.4 Å². The molecule has 2 amide bonds. The number of aromatic nitrogens is 3. The molecule has 3 rings (SSSR count). The fourth-order valence-corrected chi connectivity index (χ4v) is 3.10. The van der Waals surface area contributed by atoms with E-state index in [9.17, 15) is 9.59 Å². The minimum absolute atomic E-state index is 0.00642. The zero-order valence-corrected chi connectivity index (χ0v) is 15.3. The summed E-state index contributed by atoms with van der Waals surface area (Å²) < 4.78 is 1.85. The summed E-state index contributed by atoms with van der Waals surface area (Å²) >= 11 is 0. The van der Waals surface area contributed by atoms with Crippen molar-refractivity contribution in [2.75, 3.05) is 13.1 Å². The third kappa shape index (κ3) is 3.51. The fraction of sp³-hybridized carbons (Fsp3) is 0.368. The van der Waals surface area contributed by atoms with Crippen LogP contribution in [-0.4, -0.2) is 39.5 Å². The minimum atomic E-state index is -0.181. The van der Waals surface area contributed by atoms with Crippen molar-refractivity contribution in [3.8, 4) is 0 Å². The van der Waals surface area contributed by atoms with Gasteiger partial charge in [0.2, 0.25) is 11.8 Å². The molecule has 7 nitrogen and oxygen atoms in total. The molecule has 2 N–H and O–H groups in total. The van der Waals surface area contributed by atoms with Gasteiger partial charge in [-0.3, -0.25) is 9.59 Å². The number of amides is 2. The number of hydrogen-bond acceptors (Lipinski definition) is 4. The molecule has 3 aromatic rings. The molecule has 0 fully saturated rings. The van der Waals surface area contributed by atoms with Gasteiger partial charge in [-0.05, 0) is 44.9 Å². The van der Waals surface area contributed by atoms with Crippen molar-refractivity contribution in [1.82, 2.24) is 25.2 Å². The molecule has 0 aliphatic heterocycles. The lowest BCUT2D eigenvalue weighted by molar-refractivity contribution is -0.126. The van der Waals surface area contributed by atoms with Gasteiger partial charge in [0, 0.05) is 29.7 Å². The van der Waals surface area contributed by atoms with E-state index in [2.05, 4.69) is 15.7 Å². The Balaban J connectivity index is 1.77. The first-order valence-electron chi connectivity index (χ1n) is 8.78. The van der Waals surface area contributed by atoms with E-state index in [1.807, 2.05) is 49.6 Å². The first-order valence-corrected chi connectivity index (χ1v) is 8.78. The van der Waals surface area contributed by atoms with Gasteiger partial charge >= 0.3 is 0 Å². The molecule has 0 aliphatic rings. The van der Waals surface area contributed by atoms with E-state index in [0.717, 1.165) is 33.5 Å². The van der Waals surface area contributed by atoms with Gasteiger partial charge < -0.3 is 10.6 Å². The van der Waals surface area contributed by atoms with Gasteiger partial charge in [0.05, 0.1) is 12.1 Å². The second-order valence-corrected chi connectivity index (χ2v) is 6.24. The molecule has 7 heteroatoms. The van der Waals surface area contributed by atoms with Crippen molar-refractivity contribution < 1.29 is 9.59 Å². The summed E-state index contributed by atoms with van der Waals surface area (Å²) in [5.41, 5.74) is 4.63. The van der Waals surface area contributed by atoms with Crippen LogP contribution in [0, 0.1) is 13.8 Å². The Morgan fingerprint density at radius 1 is 1.12 bits per heavy atom. The summed E-state index contributed by atoms with van der Waals surface area (Å²) in [6.07, 6.45) is 0.854. The molecular weight excluding hydrogens is 330 g/mol. The van der Waals surface area contributed by atoms with Gasteiger partial charge in [-0.25, -0.2) is 9.50 Å². The summed E-state index contributed by atoms with van der Waals surface area (Å²) in [4.78, 5) is 28.1. The molecule has 2 aromatic heterocycles. The van der Waals surface area contributed by atoms with Crippen LogP contribution < -0.4 is 10.6 Å². The van der Waals surface area contributed by atoms with E-state index in [1.54, 1.807) is 0 Å². The third-order valence-corrected chi connectivity index (χ3v) is 4.44. The number of nitrogens with one attached hydrogen (secondary N) is 2. The van der Waals surface area contributed by atoms with Crippen molar-refractivity contribution in [2.24, 2.45) is 0 Å². The van der Waals surface area contributed by atoms with E-state index < -0.39 is 0 Å². The Kier molecular flexibility index (Phi) is 5.16. The molecule has 26 heavy (non-hydrogen) atoms. The van der Waals surface area contributed by atoms with Crippen LogP contribution >= 0.6 is 0 Å².